The van der Waals surface area contributed by atoms with Gasteiger partial charge in [-0.2, -0.15) is 0 Å². The zero-order valence-corrected chi connectivity index (χ0v) is 8.22. The standard InChI is InChI=1S/C8H13ClFNO2/c1-8(13)2-4-11(5-3-8)7(12)6(9)10/h6,13H,2-5H2,1H3. The maximum absolute atomic E-state index is 12.4. The molecule has 1 N–H and O–H groups in total. The van der Waals surface area contributed by atoms with Crippen LogP contribution in [0.5, 0.6) is 0 Å². The van der Waals surface area contributed by atoms with Gasteiger partial charge in [0.05, 0.1) is 5.60 Å². The number of likely N-dealkylation sites (tertiary alicyclic amines) is 1. The van der Waals surface area contributed by atoms with Gasteiger partial charge < -0.3 is 10.0 Å². The van der Waals surface area contributed by atoms with E-state index in [1.54, 1.807) is 6.92 Å². The zero-order chi connectivity index (χ0) is 10.1. The fourth-order valence-electron chi connectivity index (χ4n) is 1.35. The Morgan fingerprint density at radius 2 is 2.08 bits per heavy atom. The van der Waals surface area contributed by atoms with Crippen molar-refractivity contribution >= 4 is 17.5 Å². The van der Waals surface area contributed by atoms with Crippen LogP contribution in [0.3, 0.4) is 0 Å². The third-order valence-corrected chi connectivity index (χ3v) is 2.53. The summed E-state index contributed by atoms with van der Waals surface area (Å²) < 4.78 is 12.4. The summed E-state index contributed by atoms with van der Waals surface area (Å²) in [4.78, 5) is 12.4. The predicted molar refractivity (Wildman–Crippen MR) is 47.2 cm³/mol. The number of piperidine rings is 1. The molecule has 0 aromatic heterocycles. The molecule has 1 heterocycles. The number of carbonyl (C=O) groups excluding carboxylic acids is 1. The molecule has 5 heteroatoms. The van der Waals surface area contributed by atoms with E-state index in [9.17, 15) is 14.3 Å². The molecular weight excluding hydrogens is 197 g/mol. The molecule has 0 aliphatic carbocycles. The number of halogens is 2. The summed E-state index contributed by atoms with van der Waals surface area (Å²) in [6.45, 7) is 2.46. The smallest absolute Gasteiger partial charge is 0.272 e. The first kappa shape index (κ1) is 10.7. The van der Waals surface area contributed by atoms with Crippen LogP contribution in [0.25, 0.3) is 0 Å². The van der Waals surface area contributed by atoms with Gasteiger partial charge in [-0.1, -0.05) is 11.6 Å². The SMILES string of the molecule is CC1(O)CCN(C(=O)C(F)Cl)CC1. The van der Waals surface area contributed by atoms with Crippen molar-refractivity contribution in [2.24, 2.45) is 0 Å². The van der Waals surface area contributed by atoms with Gasteiger partial charge >= 0.3 is 0 Å². The Labute approximate surface area is 81.5 Å². The fraction of sp³-hybridized carbons (Fsp3) is 0.875. The summed E-state index contributed by atoms with van der Waals surface area (Å²) >= 11 is 5.01. The molecule has 1 unspecified atom stereocenters. The Bertz CT molecular complexity index is 198. The lowest BCUT2D eigenvalue weighted by Gasteiger charge is -2.35. The predicted octanol–water partition coefficient (Wildman–Crippen LogP) is 0.894. The van der Waals surface area contributed by atoms with E-state index in [1.165, 1.54) is 4.90 Å². The molecule has 0 saturated carbocycles. The van der Waals surface area contributed by atoms with E-state index < -0.39 is 17.1 Å². The Morgan fingerprint density at radius 3 is 2.46 bits per heavy atom. The van der Waals surface area contributed by atoms with Crippen LogP contribution in [-0.4, -0.2) is 40.2 Å². The monoisotopic (exact) mass is 209 g/mol. The summed E-state index contributed by atoms with van der Waals surface area (Å²) in [5, 5.41) is 9.55. The lowest BCUT2D eigenvalue weighted by molar-refractivity contribution is -0.137. The molecule has 0 radical (unpaired) electrons. The largest absolute Gasteiger partial charge is 0.390 e. The first-order chi connectivity index (χ1) is 5.92. The Morgan fingerprint density at radius 1 is 1.62 bits per heavy atom. The molecule has 0 bridgehead atoms. The van der Waals surface area contributed by atoms with Gasteiger partial charge in [-0.15, -0.1) is 0 Å². The number of amides is 1. The van der Waals surface area contributed by atoms with E-state index in [1.807, 2.05) is 0 Å². The molecule has 0 aromatic rings. The van der Waals surface area contributed by atoms with Gasteiger partial charge in [0.25, 0.3) is 11.5 Å². The minimum absolute atomic E-state index is 0.374. The third kappa shape index (κ3) is 2.81. The quantitative estimate of drug-likeness (QED) is 0.652. The van der Waals surface area contributed by atoms with Crippen LogP contribution in [0, 0.1) is 0 Å². The second-order valence-corrected chi connectivity index (χ2v) is 4.01. The Hall–Kier alpha value is -0.350. The van der Waals surface area contributed by atoms with Crippen LogP contribution in [0.2, 0.25) is 0 Å². The second kappa shape index (κ2) is 3.80. The van der Waals surface area contributed by atoms with Crippen LogP contribution >= 0.6 is 11.6 Å². The van der Waals surface area contributed by atoms with Gasteiger partial charge in [-0.25, -0.2) is 4.39 Å². The van der Waals surface area contributed by atoms with E-state index in [0.717, 1.165) is 0 Å². The summed E-state index contributed by atoms with van der Waals surface area (Å²) in [7, 11) is 0. The topological polar surface area (TPSA) is 40.5 Å². The van der Waals surface area contributed by atoms with Gasteiger partial charge in [0, 0.05) is 13.1 Å². The van der Waals surface area contributed by atoms with Gasteiger partial charge in [0.1, 0.15) is 0 Å². The van der Waals surface area contributed by atoms with Crippen molar-refractivity contribution in [3.05, 3.63) is 0 Å². The molecule has 13 heavy (non-hydrogen) atoms. The van der Waals surface area contributed by atoms with Crippen LogP contribution in [0.15, 0.2) is 0 Å². The highest BCUT2D eigenvalue weighted by atomic mass is 35.5. The molecule has 1 aliphatic rings. The molecule has 3 nitrogen and oxygen atoms in total. The fourth-order valence-corrected chi connectivity index (χ4v) is 1.48. The van der Waals surface area contributed by atoms with Gasteiger partial charge in [0.2, 0.25) is 0 Å². The van der Waals surface area contributed by atoms with Crippen molar-refractivity contribution in [3.63, 3.8) is 0 Å². The minimum Gasteiger partial charge on any atom is -0.390 e. The average Bonchev–Trinajstić information content (AvgIpc) is 2.03. The van der Waals surface area contributed by atoms with Crippen LogP contribution < -0.4 is 0 Å². The second-order valence-electron chi connectivity index (χ2n) is 3.62. The van der Waals surface area contributed by atoms with Crippen molar-refractivity contribution in [1.82, 2.24) is 4.90 Å². The Balaban J connectivity index is 2.46. The van der Waals surface area contributed by atoms with Crippen molar-refractivity contribution in [2.75, 3.05) is 13.1 Å². The first-order valence-corrected chi connectivity index (χ1v) is 4.65. The summed E-state index contributed by atoms with van der Waals surface area (Å²) in [6, 6.07) is 0. The highest BCUT2D eigenvalue weighted by Gasteiger charge is 2.31. The Kier molecular flexibility index (Phi) is 3.14. The van der Waals surface area contributed by atoms with Crippen LogP contribution in [-0.2, 0) is 4.79 Å². The van der Waals surface area contributed by atoms with E-state index in [0.29, 0.717) is 25.9 Å². The van der Waals surface area contributed by atoms with E-state index >= 15 is 0 Å². The average molecular weight is 210 g/mol. The molecule has 1 atom stereocenters. The van der Waals surface area contributed by atoms with Crippen molar-refractivity contribution in [3.8, 4) is 0 Å². The molecule has 1 fully saturated rings. The number of nitrogens with zero attached hydrogens (tertiary/aromatic N) is 1. The molecular formula is C8H13ClFNO2. The highest BCUT2D eigenvalue weighted by Crippen LogP contribution is 2.22. The molecule has 1 amide bonds. The lowest BCUT2D eigenvalue weighted by atomic mass is 9.94. The van der Waals surface area contributed by atoms with Gasteiger partial charge in [-0.3, -0.25) is 4.79 Å². The number of carbonyl (C=O) groups is 1. The summed E-state index contributed by atoms with van der Waals surface area (Å²) in [6.07, 6.45) is 0.949. The number of alkyl halides is 2. The van der Waals surface area contributed by atoms with E-state index in [2.05, 4.69) is 0 Å². The number of rotatable bonds is 1. The summed E-state index contributed by atoms with van der Waals surface area (Å²) in [5.41, 5.74) is -2.68. The van der Waals surface area contributed by atoms with Crippen molar-refractivity contribution < 1.29 is 14.3 Å². The molecule has 1 aliphatic heterocycles. The normalized spacial score (nSPS) is 24.2. The maximum Gasteiger partial charge on any atom is 0.272 e. The van der Waals surface area contributed by atoms with Crippen LogP contribution in [0.4, 0.5) is 4.39 Å². The highest BCUT2D eigenvalue weighted by molar-refractivity contribution is 6.29. The van der Waals surface area contributed by atoms with Crippen molar-refractivity contribution in [1.29, 1.82) is 0 Å². The number of hydrogen-bond acceptors (Lipinski definition) is 2. The molecule has 0 aromatic carbocycles. The molecule has 0 spiro atoms. The van der Waals surface area contributed by atoms with Crippen LogP contribution in [0.1, 0.15) is 19.8 Å². The van der Waals surface area contributed by atoms with Gasteiger partial charge in [-0.05, 0) is 19.8 Å². The number of aliphatic hydroxyl groups is 1. The van der Waals surface area contributed by atoms with E-state index in [-0.39, 0.29) is 0 Å². The third-order valence-electron chi connectivity index (χ3n) is 2.34. The number of hydrogen-bond donors (Lipinski definition) is 1. The minimum atomic E-state index is -1.96. The first-order valence-electron chi connectivity index (χ1n) is 4.22. The van der Waals surface area contributed by atoms with E-state index in [4.69, 9.17) is 11.6 Å². The lowest BCUT2D eigenvalue weighted by Crippen LogP contribution is -2.46. The summed E-state index contributed by atoms with van der Waals surface area (Å²) in [5.74, 6) is -0.697. The maximum atomic E-state index is 12.4. The van der Waals surface area contributed by atoms with Gasteiger partial charge in [0.15, 0.2) is 0 Å². The zero-order valence-electron chi connectivity index (χ0n) is 7.46. The molecule has 1 rings (SSSR count). The van der Waals surface area contributed by atoms with Crippen molar-refractivity contribution in [2.45, 2.75) is 31.0 Å². The molecule has 76 valence electrons. The molecule has 1 saturated heterocycles.